The number of benzene rings is 3. The van der Waals surface area contributed by atoms with Gasteiger partial charge in [0, 0.05) is 15.8 Å². The molecule has 0 aliphatic heterocycles. The first-order chi connectivity index (χ1) is 20.4. The molecule has 42 heavy (non-hydrogen) atoms. The van der Waals surface area contributed by atoms with E-state index < -0.39 is 5.97 Å². The van der Waals surface area contributed by atoms with Crippen molar-refractivity contribution in [2.75, 3.05) is 12.4 Å². The van der Waals surface area contributed by atoms with Gasteiger partial charge in [0.15, 0.2) is 0 Å². The third-order valence-electron chi connectivity index (χ3n) is 8.01. The van der Waals surface area contributed by atoms with Gasteiger partial charge in [0.1, 0.15) is 5.00 Å². The maximum absolute atomic E-state index is 14.0. The SMILES string of the molecule is COC(=O)c1c(NC(=O)c2cc(-c3ccc(CC(C)C)cc3)nc3ccccc23)sc2c1CC[C@H](c1ccccc1)C2. The molecule has 2 aromatic heterocycles. The van der Waals surface area contributed by atoms with Crippen molar-refractivity contribution in [3.8, 4) is 11.3 Å². The van der Waals surface area contributed by atoms with Crippen LogP contribution in [0.1, 0.15) is 68.5 Å². The minimum Gasteiger partial charge on any atom is -0.465 e. The zero-order valence-corrected chi connectivity index (χ0v) is 25.0. The van der Waals surface area contributed by atoms with Crippen LogP contribution >= 0.6 is 11.3 Å². The molecule has 0 saturated carbocycles. The van der Waals surface area contributed by atoms with Gasteiger partial charge in [-0.2, -0.15) is 0 Å². The normalized spacial score (nSPS) is 14.5. The van der Waals surface area contributed by atoms with Crippen molar-refractivity contribution >= 4 is 39.1 Å². The van der Waals surface area contributed by atoms with E-state index in [4.69, 9.17) is 9.72 Å². The zero-order chi connectivity index (χ0) is 29.2. The number of anilines is 1. The zero-order valence-electron chi connectivity index (χ0n) is 24.1. The Morgan fingerprint density at radius 1 is 1.00 bits per heavy atom. The molecule has 0 fully saturated rings. The molecule has 212 valence electrons. The van der Waals surface area contributed by atoms with E-state index in [0.29, 0.717) is 28.0 Å². The topological polar surface area (TPSA) is 68.3 Å². The molecule has 0 spiro atoms. The molecule has 1 aliphatic carbocycles. The maximum Gasteiger partial charge on any atom is 0.341 e. The fourth-order valence-corrected chi connectivity index (χ4v) is 7.28. The number of esters is 1. The van der Waals surface area contributed by atoms with E-state index in [1.165, 1.54) is 29.6 Å². The van der Waals surface area contributed by atoms with Crippen LogP contribution in [0.15, 0.2) is 84.9 Å². The van der Waals surface area contributed by atoms with Gasteiger partial charge in [-0.15, -0.1) is 11.3 Å². The van der Waals surface area contributed by atoms with Gasteiger partial charge in [-0.1, -0.05) is 86.6 Å². The average Bonchev–Trinajstić information content (AvgIpc) is 3.37. The average molecular weight is 575 g/mol. The van der Waals surface area contributed by atoms with Crippen molar-refractivity contribution in [1.82, 2.24) is 4.98 Å². The number of pyridine rings is 1. The number of methoxy groups -OCH3 is 1. The van der Waals surface area contributed by atoms with Gasteiger partial charge < -0.3 is 10.1 Å². The van der Waals surface area contributed by atoms with Crippen molar-refractivity contribution in [1.29, 1.82) is 0 Å². The second-order valence-corrected chi connectivity index (χ2v) is 12.5. The summed E-state index contributed by atoms with van der Waals surface area (Å²) in [4.78, 5) is 33.0. The molecule has 6 heteroatoms. The van der Waals surface area contributed by atoms with Gasteiger partial charge in [-0.25, -0.2) is 9.78 Å². The molecule has 1 atom stereocenters. The summed E-state index contributed by atoms with van der Waals surface area (Å²) in [5.74, 6) is 0.273. The van der Waals surface area contributed by atoms with E-state index in [1.54, 1.807) is 0 Å². The lowest BCUT2D eigenvalue weighted by Gasteiger charge is -2.22. The van der Waals surface area contributed by atoms with Crippen molar-refractivity contribution in [3.63, 3.8) is 0 Å². The third-order valence-corrected chi connectivity index (χ3v) is 9.18. The summed E-state index contributed by atoms with van der Waals surface area (Å²) in [5.41, 5.74) is 7.01. The van der Waals surface area contributed by atoms with Crippen LogP contribution in [0.2, 0.25) is 0 Å². The maximum atomic E-state index is 14.0. The molecular formula is C36H34N2O3S. The van der Waals surface area contributed by atoms with Gasteiger partial charge in [0.2, 0.25) is 0 Å². The highest BCUT2D eigenvalue weighted by atomic mass is 32.1. The number of rotatable bonds is 7. The van der Waals surface area contributed by atoms with Gasteiger partial charge in [0.25, 0.3) is 5.91 Å². The number of hydrogen-bond donors (Lipinski definition) is 1. The van der Waals surface area contributed by atoms with E-state index >= 15 is 0 Å². The highest BCUT2D eigenvalue weighted by Crippen LogP contribution is 2.43. The second-order valence-electron chi connectivity index (χ2n) is 11.4. The highest BCUT2D eigenvalue weighted by Gasteiger charge is 2.31. The number of nitrogens with one attached hydrogen (secondary N) is 1. The number of hydrogen-bond acceptors (Lipinski definition) is 5. The van der Waals surface area contributed by atoms with Crippen molar-refractivity contribution in [2.45, 2.75) is 45.4 Å². The number of carbonyl (C=O) groups excluding carboxylic acids is 2. The minimum absolute atomic E-state index is 0.269. The monoisotopic (exact) mass is 574 g/mol. The third kappa shape index (κ3) is 5.59. The van der Waals surface area contributed by atoms with E-state index in [1.807, 2.05) is 36.4 Å². The molecule has 5 nitrogen and oxygen atoms in total. The number of amides is 1. The summed E-state index contributed by atoms with van der Waals surface area (Å²) in [5, 5.41) is 4.42. The van der Waals surface area contributed by atoms with E-state index in [0.717, 1.165) is 58.3 Å². The number of para-hydroxylation sites is 1. The summed E-state index contributed by atoms with van der Waals surface area (Å²) in [6.07, 6.45) is 3.55. The molecule has 2 heterocycles. The van der Waals surface area contributed by atoms with Gasteiger partial charge >= 0.3 is 5.97 Å². The van der Waals surface area contributed by atoms with Crippen LogP contribution in [0.4, 0.5) is 5.00 Å². The Morgan fingerprint density at radius 3 is 2.48 bits per heavy atom. The molecule has 3 aromatic carbocycles. The van der Waals surface area contributed by atoms with Crippen LogP contribution in [0.3, 0.4) is 0 Å². The number of ether oxygens (including phenoxy) is 1. The van der Waals surface area contributed by atoms with E-state index in [2.05, 4.69) is 67.7 Å². The lowest BCUT2D eigenvalue weighted by molar-refractivity contribution is 0.0601. The largest absolute Gasteiger partial charge is 0.465 e. The predicted molar refractivity (Wildman–Crippen MR) is 171 cm³/mol. The van der Waals surface area contributed by atoms with Crippen LogP contribution in [-0.4, -0.2) is 24.0 Å². The van der Waals surface area contributed by atoms with E-state index in [-0.39, 0.29) is 5.91 Å². The molecule has 0 saturated heterocycles. The molecule has 1 aliphatic rings. The molecule has 0 bridgehead atoms. The van der Waals surface area contributed by atoms with Crippen molar-refractivity contribution in [2.24, 2.45) is 5.92 Å². The van der Waals surface area contributed by atoms with Crippen LogP contribution in [0.5, 0.6) is 0 Å². The fourth-order valence-electron chi connectivity index (χ4n) is 5.97. The Kier molecular flexibility index (Phi) is 7.90. The summed E-state index contributed by atoms with van der Waals surface area (Å²) >= 11 is 1.49. The molecule has 5 aromatic rings. The summed E-state index contributed by atoms with van der Waals surface area (Å²) in [6, 6.07) is 28.4. The number of nitrogens with zero attached hydrogens (tertiary/aromatic N) is 1. The Hall–Kier alpha value is -4.29. The lowest BCUT2D eigenvalue weighted by Crippen LogP contribution is -2.16. The molecule has 1 amide bonds. The Balaban J connectivity index is 1.35. The summed E-state index contributed by atoms with van der Waals surface area (Å²) in [7, 11) is 1.39. The number of aromatic nitrogens is 1. The molecule has 0 radical (unpaired) electrons. The molecule has 0 unspecified atom stereocenters. The standard InChI is InChI=1S/C36H34N2O3S/c1-22(2)19-23-13-15-25(16-14-23)31-21-29(27-11-7-8-12-30(27)37-31)34(39)38-35-33(36(40)41-3)28-18-17-26(20-32(28)42-35)24-9-5-4-6-10-24/h4-16,21-22,26H,17-20H2,1-3H3,(H,38,39)/t26-/m0/s1. The van der Waals surface area contributed by atoms with Crippen molar-refractivity contribution < 1.29 is 14.3 Å². The van der Waals surface area contributed by atoms with Crippen LogP contribution < -0.4 is 5.32 Å². The summed E-state index contributed by atoms with van der Waals surface area (Å²) < 4.78 is 5.19. The van der Waals surface area contributed by atoms with Crippen LogP contribution in [0, 0.1) is 5.92 Å². The van der Waals surface area contributed by atoms with Crippen molar-refractivity contribution in [3.05, 3.63) is 118 Å². The highest BCUT2D eigenvalue weighted by molar-refractivity contribution is 7.17. The molecule has 6 rings (SSSR count). The second kappa shape index (κ2) is 11.9. The quantitative estimate of drug-likeness (QED) is 0.198. The number of carbonyl (C=O) groups is 2. The Labute approximate surface area is 250 Å². The lowest BCUT2D eigenvalue weighted by atomic mass is 9.83. The number of thiophene rings is 1. The number of fused-ring (bicyclic) bond motifs is 2. The van der Waals surface area contributed by atoms with Gasteiger partial charge in [-0.05, 0) is 66.3 Å². The molecule has 1 N–H and O–H groups in total. The first-order valence-electron chi connectivity index (χ1n) is 14.5. The smallest absolute Gasteiger partial charge is 0.341 e. The molecular weight excluding hydrogens is 540 g/mol. The first kappa shape index (κ1) is 27.9. The minimum atomic E-state index is -0.414. The summed E-state index contributed by atoms with van der Waals surface area (Å²) in [6.45, 7) is 4.42. The van der Waals surface area contributed by atoms with Crippen LogP contribution in [-0.2, 0) is 24.0 Å². The van der Waals surface area contributed by atoms with Gasteiger partial charge in [0.05, 0.1) is 29.4 Å². The fraction of sp³-hybridized carbons (Fsp3) is 0.250. The Morgan fingerprint density at radius 2 is 1.74 bits per heavy atom. The van der Waals surface area contributed by atoms with E-state index in [9.17, 15) is 9.59 Å². The van der Waals surface area contributed by atoms with Gasteiger partial charge in [-0.3, -0.25) is 4.79 Å². The Bertz CT molecular complexity index is 1760. The van der Waals surface area contributed by atoms with Crippen LogP contribution in [0.25, 0.3) is 22.2 Å². The first-order valence-corrected chi connectivity index (χ1v) is 15.3. The predicted octanol–water partition coefficient (Wildman–Crippen LogP) is 8.47.